The first-order valence-electron chi connectivity index (χ1n) is 7.88. The normalized spacial score (nSPS) is 23.8. The molecule has 116 valence electrons. The first-order chi connectivity index (χ1) is 10.1. The maximum Gasteiger partial charge on any atom is 0.313 e. The quantitative estimate of drug-likeness (QED) is 0.581. The van der Waals surface area contributed by atoms with E-state index in [2.05, 4.69) is 32.7 Å². The lowest BCUT2D eigenvalue weighted by molar-refractivity contribution is -0.144. The van der Waals surface area contributed by atoms with Gasteiger partial charge in [0.15, 0.2) is 0 Å². The smallest absolute Gasteiger partial charge is 0.313 e. The van der Waals surface area contributed by atoms with Gasteiger partial charge in [-0.05, 0) is 44.8 Å². The van der Waals surface area contributed by atoms with Gasteiger partial charge in [-0.1, -0.05) is 0 Å². The molecule has 21 heavy (non-hydrogen) atoms. The number of esters is 1. The molecule has 0 aromatic heterocycles. The zero-order valence-corrected chi connectivity index (χ0v) is 13.6. The van der Waals surface area contributed by atoms with Gasteiger partial charge in [-0.2, -0.15) is 0 Å². The second kappa shape index (κ2) is 7.16. The molecule has 2 aliphatic rings. The number of allylic oxidation sites excluding steroid dienone is 2. The summed E-state index contributed by atoms with van der Waals surface area (Å²) >= 11 is 0. The highest BCUT2D eigenvalue weighted by Crippen LogP contribution is 2.33. The highest BCUT2D eigenvalue weighted by atomic mass is 16.5. The first kappa shape index (κ1) is 16.2. The van der Waals surface area contributed by atoms with Crippen LogP contribution in [0.15, 0.2) is 22.8 Å². The fourth-order valence-electron chi connectivity index (χ4n) is 3.39. The van der Waals surface area contributed by atoms with E-state index in [1.165, 1.54) is 18.3 Å². The van der Waals surface area contributed by atoms with Gasteiger partial charge in [-0.15, -0.1) is 5.47 Å². The molecule has 0 N–H and O–H groups in total. The molecular formula is C16H26BNO3. The Hall–Kier alpha value is -1.23. The van der Waals surface area contributed by atoms with Crippen molar-refractivity contribution in [2.45, 2.75) is 39.2 Å². The summed E-state index contributed by atoms with van der Waals surface area (Å²) in [4.78, 5) is 14.5. The molecule has 0 spiro atoms. The van der Waals surface area contributed by atoms with E-state index >= 15 is 0 Å². The number of carbonyl (C=O) groups is 1. The molecule has 5 heteroatoms. The second-order valence-electron chi connectivity index (χ2n) is 5.97. The van der Waals surface area contributed by atoms with Crippen LogP contribution in [0.3, 0.4) is 0 Å². The van der Waals surface area contributed by atoms with Crippen molar-refractivity contribution in [3.8, 4) is 0 Å². The number of rotatable bonds is 4. The van der Waals surface area contributed by atoms with Gasteiger partial charge in [0.1, 0.15) is 7.85 Å². The molecule has 1 fully saturated rings. The Morgan fingerprint density at radius 3 is 2.71 bits per heavy atom. The summed E-state index contributed by atoms with van der Waals surface area (Å²) < 4.78 is 10.5. The summed E-state index contributed by atoms with van der Waals surface area (Å²) in [6, 6.07) is 0.508. The minimum Gasteiger partial charge on any atom is -0.469 e. The van der Waals surface area contributed by atoms with Gasteiger partial charge in [0.2, 0.25) is 0 Å². The van der Waals surface area contributed by atoms with E-state index < -0.39 is 0 Å². The standard InChI is InChI=1S/C16H26BNO3/c1-4-18(13-5-7-21-8-6-13)15-10-12(17)9-14(11(15)2)16(19)20-3/h10,13-14H,4-9,17H2,1-3H3. The number of nitrogens with zero attached hydrogens (tertiary/aromatic N) is 1. The number of methoxy groups -OCH3 is 1. The van der Waals surface area contributed by atoms with Gasteiger partial charge in [-0.3, -0.25) is 4.79 Å². The van der Waals surface area contributed by atoms with Gasteiger partial charge in [-0.25, -0.2) is 0 Å². The fraction of sp³-hybridized carbons (Fsp3) is 0.688. The molecule has 0 amide bonds. The third-order valence-electron chi connectivity index (χ3n) is 4.60. The maximum absolute atomic E-state index is 12.0. The van der Waals surface area contributed by atoms with E-state index in [1.807, 2.05) is 0 Å². The van der Waals surface area contributed by atoms with E-state index in [0.717, 1.165) is 44.6 Å². The molecule has 1 aliphatic heterocycles. The summed E-state index contributed by atoms with van der Waals surface area (Å²) in [6.45, 7) is 6.87. The molecule has 0 radical (unpaired) electrons. The molecule has 4 nitrogen and oxygen atoms in total. The minimum atomic E-state index is -0.135. The Bertz CT molecular complexity index is 452. The molecule has 0 saturated carbocycles. The van der Waals surface area contributed by atoms with Crippen LogP contribution in [-0.2, 0) is 14.3 Å². The average Bonchev–Trinajstić information content (AvgIpc) is 2.51. The van der Waals surface area contributed by atoms with E-state index in [1.54, 1.807) is 0 Å². The van der Waals surface area contributed by atoms with Crippen molar-refractivity contribution in [3.05, 3.63) is 22.8 Å². The summed E-state index contributed by atoms with van der Waals surface area (Å²) in [6.07, 6.45) is 5.13. The van der Waals surface area contributed by atoms with Crippen LogP contribution in [0.25, 0.3) is 0 Å². The zero-order valence-electron chi connectivity index (χ0n) is 13.6. The van der Waals surface area contributed by atoms with Gasteiger partial charge in [0, 0.05) is 31.5 Å². The lowest BCUT2D eigenvalue weighted by atomic mass is 9.77. The van der Waals surface area contributed by atoms with Crippen molar-refractivity contribution in [1.82, 2.24) is 4.90 Å². The number of carbonyl (C=O) groups excluding carboxylic acids is 1. The predicted molar refractivity (Wildman–Crippen MR) is 85.7 cm³/mol. The second-order valence-corrected chi connectivity index (χ2v) is 5.97. The van der Waals surface area contributed by atoms with Crippen molar-refractivity contribution in [1.29, 1.82) is 0 Å². The van der Waals surface area contributed by atoms with Gasteiger partial charge in [0.25, 0.3) is 0 Å². The maximum atomic E-state index is 12.0. The van der Waals surface area contributed by atoms with Crippen LogP contribution in [-0.4, -0.2) is 51.6 Å². The number of hydrogen-bond acceptors (Lipinski definition) is 4. The Morgan fingerprint density at radius 1 is 1.48 bits per heavy atom. The molecule has 0 aromatic rings. The molecule has 1 unspecified atom stereocenters. The number of ether oxygens (including phenoxy) is 2. The Balaban J connectivity index is 2.29. The molecule has 1 saturated heterocycles. The molecule has 1 heterocycles. The van der Waals surface area contributed by atoms with Crippen LogP contribution in [0, 0.1) is 5.92 Å². The van der Waals surface area contributed by atoms with Crippen LogP contribution in [0.5, 0.6) is 0 Å². The highest BCUT2D eigenvalue weighted by Gasteiger charge is 2.30. The summed E-state index contributed by atoms with van der Waals surface area (Å²) in [5, 5.41) is 0. The summed E-state index contributed by atoms with van der Waals surface area (Å²) in [5.74, 6) is -0.260. The van der Waals surface area contributed by atoms with Gasteiger partial charge >= 0.3 is 5.97 Å². The van der Waals surface area contributed by atoms with E-state index in [0.29, 0.717) is 6.04 Å². The van der Waals surface area contributed by atoms with E-state index in [9.17, 15) is 4.79 Å². The van der Waals surface area contributed by atoms with E-state index in [4.69, 9.17) is 9.47 Å². The lowest BCUT2D eigenvalue weighted by Crippen LogP contribution is -2.40. The molecule has 1 aliphatic carbocycles. The monoisotopic (exact) mass is 291 g/mol. The lowest BCUT2D eigenvalue weighted by Gasteiger charge is -2.39. The molecule has 0 aromatic carbocycles. The van der Waals surface area contributed by atoms with Crippen molar-refractivity contribution in [3.63, 3.8) is 0 Å². The highest BCUT2D eigenvalue weighted by molar-refractivity contribution is 6.22. The van der Waals surface area contributed by atoms with Crippen LogP contribution in [0.2, 0.25) is 0 Å². The van der Waals surface area contributed by atoms with Crippen molar-refractivity contribution < 1.29 is 14.3 Å². The van der Waals surface area contributed by atoms with Crippen molar-refractivity contribution in [2.24, 2.45) is 5.92 Å². The van der Waals surface area contributed by atoms with E-state index in [-0.39, 0.29) is 11.9 Å². The average molecular weight is 291 g/mol. The third kappa shape index (κ3) is 3.51. The Labute approximate surface area is 128 Å². The van der Waals surface area contributed by atoms with Crippen molar-refractivity contribution in [2.75, 3.05) is 26.9 Å². The van der Waals surface area contributed by atoms with Crippen LogP contribution < -0.4 is 0 Å². The topological polar surface area (TPSA) is 38.8 Å². The van der Waals surface area contributed by atoms with Crippen LogP contribution in [0.1, 0.15) is 33.1 Å². The molecule has 0 bridgehead atoms. The zero-order chi connectivity index (χ0) is 15.4. The minimum absolute atomic E-state index is 0.125. The third-order valence-corrected chi connectivity index (χ3v) is 4.60. The van der Waals surface area contributed by atoms with Crippen LogP contribution in [0.4, 0.5) is 0 Å². The summed E-state index contributed by atoms with van der Waals surface area (Å²) in [5.41, 5.74) is 3.60. The Kier molecular flexibility index (Phi) is 5.51. The molecular weight excluding hydrogens is 265 g/mol. The van der Waals surface area contributed by atoms with Gasteiger partial charge in [0.05, 0.1) is 13.0 Å². The number of hydrogen-bond donors (Lipinski definition) is 0. The SMILES string of the molecule is BC1=CC(N(CC)C2CCOCC2)=C(C)C(C(=O)OC)C1. The first-order valence-corrected chi connectivity index (χ1v) is 7.88. The predicted octanol–water partition coefficient (Wildman–Crippen LogP) is 1.47. The van der Waals surface area contributed by atoms with Gasteiger partial charge < -0.3 is 14.4 Å². The molecule has 2 rings (SSSR count). The number of likely N-dealkylation sites (N-methyl/N-ethyl adjacent to an activating group) is 1. The fourth-order valence-corrected chi connectivity index (χ4v) is 3.39. The summed E-state index contributed by atoms with van der Waals surface area (Å²) in [7, 11) is 3.57. The largest absolute Gasteiger partial charge is 0.469 e. The van der Waals surface area contributed by atoms with Crippen LogP contribution >= 0.6 is 0 Å². The van der Waals surface area contributed by atoms with Crippen molar-refractivity contribution >= 4 is 13.8 Å². The molecule has 1 atom stereocenters. The Morgan fingerprint density at radius 2 is 2.14 bits per heavy atom.